The van der Waals surface area contributed by atoms with E-state index in [0.717, 1.165) is 24.0 Å². The van der Waals surface area contributed by atoms with Gasteiger partial charge in [-0.2, -0.15) is 0 Å². The number of hydrogen-bond acceptors (Lipinski definition) is 2. The topological polar surface area (TPSA) is 15.3 Å². The van der Waals surface area contributed by atoms with Crippen molar-refractivity contribution in [2.24, 2.45) is 5.92 Å². The minimum atomic E-state index is 0.732. The van der Waals surface area contributed by atoms with Crippen molar-refractivity contribution < 1.29 is 0 Å². The molecule has 1 aliphatic carbocycles. The summed E-state index contributed by atoms with van der Waals surface area (Å²) in [5, 5.41) is 3.78. The Balaban J connectivity index is 1.68. The summed E-state index contributed by atoms with van der Waals surface area (Å²) in [6.07, 6.45) is 4.10. The minimum Gasteiger partial charge on any atom is -0.311 e. The maximum atomic E-state index is 3.78. The molecule has 0 spiro atoms. The number of nitrogens with zero attached hydrogens (tertiary/aromatic N) is 1. The molecule has 2 fully saturated rings. The van der Waals surface area contributed by atoms with Gasteiger partial charge in [0.1, 0.15) is 0 Å². The number of likely N-dealkylation sites (tertiary alicyclic amines) is 1. The summed E-state index contributed by atoms with van der Waals surface area (Å²) in [5.74, 6) is 0.943. The van der Waals surface area contributed by atoms with Crippen molar-refractivity contribution >= 4 is 0 Å². The molecular weight excluding hydrogens is 172 g/mol. The maximum absolute atomic E-state index is 3.78. The predicted molar refractivity (Wildman–Crippen MR) is 60.4 cm³/mol. The largest absolute Gasteiger partial charge is 0.311 e. The van der Waals surface area contributed by atoms with Crippen molar-refractivity contribution in [3.05, 3.63) is 0 Å². The van der Waals surface area contributed by atoms with Crippen molar-refractivity contribution in [2.75, 3.05) is 13.1 Å². The lowest BCUT2D eigenvalue weighted by atomic mass is 10.0. The molecule has 1 aliphatic heterocycles. The van der Waals surface area contributed by atoms with Crippen LogP contribution >= 0.6 is 0 Å². The molecule has 0 bridgehead atoms. The lowest BCUT2D eigenvalue weighted by Crippen LogP contribution is -2.45. The van der Waals surface area contributed by atoms with Crippen molar-refractivity contribution in [3.63, 3.8) is 0 Å². The van der Waals surface area contributed by atoms with Gasteiger partial charge in [-0.25, -0.2) is 0 Å². The molecule has 2 rings (SSSR count). The quantitative estimate of drug-likeness (QED) is 0.741. The third-order valence-corrected chi connectivity index (χ3v) is 3.82. The van der Waals surface area contributed by atoms with Crippen LogP contribution in [0.4, 0.5) is 0 Å². The van der Waals surface area contributed by atoms with Gasteiger partial charge >= 0.3 is 0 Å². The Labute approximate surface area is 88.1 Å². The van der Waals surface area contributed by atoms with E-state index in [0.29, 0.717) is 0 Å². The molecule has 14 heavy (non-hydrogen) atoms. The van der Waals surface area contributed by atoms with Gasteiger partial charge in [0.15, 0.2) is 0 Å². The Hall–Kier alpha value is -0.0800. The first kappa shape index (κ1) is 10.4. The lowest BCUT2D eigenvalue weighted by molar-refractivity contribution is 0.160. The van der Waals surface area contributed by atoms with E-state index in [-0.39, 0.29) is 0 Å². The molecule has 1 saturated carbocycles. The van der Waals surface area contributed by atoms with Gasteiger partial charge in [-0.05, 0) is 52.1 Å². The summed E-state index contributed by atoms with van der Waals surface area (Å²) in [6, 6.07) is 2.39. The predicted octanol–water partition coefficient (Wildman–Crippen LogP) is 1.86. The fourth-order valence-corrected chi connectivity index (χ4v) is 2.44. The van der Waals surface area contributed by atoms with Crippen molar-refractivity contribution in [1.82, 2.24) is 10.2 Å². The molecule has 1 saturated heterocycles. The van der Waals surface area contributed by atoms with Crippen LogP contribution in [0.3, 0.4) is 0 Å². The van der Waals surface area contributed by atoms with Gasteiger partial charge in [0, 0.05) is 18.1 Å². The van der Waals surface area contributed by atoms with Gasteiger partial charge in [0.2, 0.25) is 0 Å². The first-order chi connectivity index (χ1) is 6.66. The third kappa shape index (κ3) is 2.48. The van der Waals surface area contributed by atoms with Crippen LogP contribution in [-0.2, 0) is 0 Å². The van der Waals surface area contributed by atoms with Crippen LogP contribution < -0.4 is 5.32 Å². The summed E-state index contributed by atoms with van der Waals surface area (Å²) in [5.41, 5.74) is 0. The number of nitrogens with one attached hydrogen (secondary N) is 1. The molecule has 0 amide bonds. The molecule has 0 aromatic carbocycles. The molecule has 2 aliphatic rings. The maximum Gasteiger partial charge on any atom is 0.00989 e. The van der Waals surface area contributed by atoms with Gasteiger partial charge in [0.25, 0.3) is 0 Å². The monoisotopic (exact) mass is 196 g/mol. The van der Waals surface area contributed by atoms with E-state index in [4.69, 9.17) is 0 Å². The average molecular weight is 196 g/mol. The van der Waals surface area contributed by atoms with Gasteiger partial charge in [0.05, 0.1) is 0 Å². The zero-order valence-corrected chi connectivity index (χ0v) is 9.79. The molecule has 2 nitrogen and oxygen atoms in total. The van der Waals surface area contributed by atoms with Crippen LogP contribution in [-0.4, -0.2) is 36.1 Å². The molecule has 1 heterocycles. The van der Waals surface area contributed by atoms with E-state index in [9.17, 15) is 0 Å². The second-order valence-electron chi connectivity index (χ2n) is 5.39. The van der Waals surface area contributed by atoms with E-state index in [2.05, 4.69) is 31.0 Å². The molecule has 1 N–H and O–H groups in total. The highest BCUT2D eigenvalue weighted by Gasteiger charge is 2.34. The van der Waals surface area contributed by atoms with E-state index in [1.807, 2.05) is 0 Å². The summed E-state index contributed by atoms with van der Waals surface area (Å²) < 4.78 is 0. The highest BCUT2D eigenvalue weighted by molar-refractivity contribution is 4.93. The van der Waals surface area contributed by atoms with Crippen molar-refractivity contribution in [1.29, 1.82) is 0 Å². The van der Waals surface area contributed by atoms with Crippen LogP contribution in [0.5, 0.6) is 0 Å². The van der Waals surface area contributed by atoms with E-state index in [1.54, 1.807) is 0 Å². The van der Waals surface area contributed by atoms with Crippen LogP contribution in [0, 0.1) is 5.92 Å². The second-order valence-corrected chi connectivity index (χ2v) is 5.39. The van der Waals surface area contributed by atoms with Gasteiger partial charge in [-0.3, -0.25) is 0 Å². The highest BCUT2D eigenvalue weighted by Crippen LogP contribution is 2.30. The smallest absolute Gasteiger partial charge is 0.00989 e. The van der Waals surface area contributed by atoms with Crippen LogP contribution in [0.1, 0.15) is 40.0 Å². The fraction of sp³-hybridized carbons (Fsp3) is 1.00. The lowest BCUT2D eigenvalue weighted by Gasteiger charge is -2.35. The van der Waals surface area contributed by atoms with Crippen LogP contribution in [0.15, 0.2) is 0 Å². The Kier molecular flexibility index (Phi) is 3.13. The Morgan fingerprint density at radius 1 is 1.21 bits per heavy atom. The molecule has 2 atom stereocenters. The van der Waals surface area contributed by atoms with Gasteiger partial charge < -0.3 is 10.2 Å². The zero-order valence-electron chi connectivity index (χ0n) is 9.79. The standard InChI is InChI=1S/C12H24N2/c1-9(2)14-6-4-11(5-7-14)13-12-8-10(12)3/h9-13H,4-8H2,1-3H3/t10?,12-/m0/s1. The van der Waals surface area contributed by atoms with E-state index in [1.165, 1.54) is 32.4 Å². The highest BCUT2D eigenvalue weighted by atomic mass is 15.2. The summed E-state index contributed by atoms with van der Waals surface area (Å²) >= 11 is 0. The third-order valence-electron chi connectivity index (χ3n) is 3.82. The van der Waals surface area contributed by atoms with Crippen LogP contribution in [0.25, 0.3) is 0 Å². The first-order valence-corrected chi connectivity index (χ1v) is 6.17. The Morgan fingerprint density at radius 2 is 1.79 bits per heavy atom. The fourth-order valence-electron chi connectivity index (χ4n) is 2.44. The summed E-state index contributed by atoms with van der Waals surface area (Å²) in [7, 11) is 0. The summed E-state index contributed by atoms with van der Waals surface area (Å²) in [6.45, 7) is 9.53. The molecule has 1 unspecified atom stereocenters. The number of rotatable bonds is 3. The molecule has 82 valence electrons. The first-order valence-electron chi connectivity index (χ1n) is 6.17. The molecular formula is C12H24N2. The van der Waals surface area contributed by atoms with E-state index >= 15 is 0 Å². The van der Waals surface area contributed by atoms with Crippen molar-refractivity contribution in [3.8, 4) is 0 Å². The SMILES string of the molecule is CC1C[C@@H]1NC1CCN(C(C)C)CC1. The number of hydrogen-bond donors (Lipinski definition) is 1. The molecule has 0 radical (unpaired) electrons. The number of piperidine rings is 1. The zero-order chi connectivity index (χ0) is 10.1. The summed E-state index contributed by atoms with van der Waals surface area (Å²) in [4.78, 5) is 2.59. The van der Waals surface area contributed by atoms with Crippen molar-refractivity contribution in [2.45, 2.75) is 58.2 Å². The molecule has 0 aromatic rings. The van der Waals surface area contributed by atoms with Gasteiger partial charge in [-0.15, -0.1) is 0 Å². The average Bonchev–Trinajstić information content (AvgIpc) is 2.82. The van der Waals surface area contributed by atoms with Gasteiger partial charge in [-0.1, -0.05) is 6.92 Å². The van der Waals surface area contributed by atoms with Crippen LogP contribution in [0.2, 0.25) is 0 Å². The molecule has 2 heteroatoms. The second kappa shape index (κ2) is 4.19. The Morgan fingerprint density at radius 3 is 2.21 bits per heavy atom. The minimum absolute atomic E-state index is 0.732. The van der Waals surface area contributed by atoms with E-state index < -0.39 is 0 Å². The normalized spacial score (nSPS) is 35.1. The molecule has 0 aromatic heterocycles. The Bertz CT molecular complexity index is 183.